The van der Waals surface area contributed by atoms with Crippen LogP contribution in [-0.4, -0.2) is 0 Å². The number of rotatable bonds is 6. The molecule has 0 aromatic heterocycles. The van der Waals surface area contributed by atoms with Gasteiger partial charge in [-0.15, -0.1) is 0 Å². The Balaban J connectivity index is 1.84. The Morgan fingerprint density at radius 3 is 2.43 bits per heavy atom. The first-order valence-corrected chi connectivity index (χ1v) is 8.19. The number of nitrogens with one attached hydrogen (secondary N) is 1. The minimum atomic E-state index is 0.462. The monoisotopic (exact) mass is 279 g/mol. The summed E-state index contributed by atoms with van der Waals surface area (Å²) in [7, 11) is 0. The highest BCUT2D eigenvalue weighted by atomic mass is 14.9. The zero-order valence-corrected chi connectivity index (χ0v) is 13.1. The van der Waals surface area contributed by atoms with E-state index in [9.17, 15) is 0 Å². The van der Waals surface area contributed by atoms with Crippen LogP contribution in [0.15, 0.2) is 48.5 Å². The van der Waals surface area contributed by atoms with Gasteiger partial charge in [-0.05, 0) is 49.3 Å². The molecule has 3 rings (SSSR count). The van der Waals surface area contributed by atoms with E-state index in [1.807, 2.05) is 0 Å². The summed E-state index contributed by atoms with van der Waals surface area (Å²) in [6.45, 7) is 4.40. The lowest BCUT2D eigenvalue weighted by molar-refractivity contribution is 0.677. The van der Waals surface area contributed by atoms with Gasteiger partial charge in [0.05, 0.1) is 6.04 Å². The lowest BCUT2D eigenvalue weighted by Crippen LogP contribution is -2.14. The molecule has 21 heavy (non-hydrogen) atoms. The lowest BCUT2D eigenvalue weighted by Gasteiger charge is -2.22. The van der Waals surface area contributed by atoms with Crippen molar-refractivity contribution in [2.24, 2.45) is 5.92 Å². The zero-order chi connectivity index (χ0) is 14.7. The van der Waals surface area contributed by atoms with Gasteiger partial charge in [-0.1, -0.05) is 61.4 Å². The number of benzene rings is 2. The Bertz CT molecular complexity index is 581. The first kappa shape index (κ1) is 14.2. The summed E-state index contributed by atoms with van der Waals surface area (Å²) in [5, 5.41) is 3.83. The molecule has 0 saturated heterocycles. The van der Waals surface area contributed by atoms with Crippen LogP contribution in [0.3, 0.4) is 0 Å². The third kappa shape index (κ3) is 3.47. The molecule has 1 fully saturated rings. The van der Waals surface area contributed by atoms with Gasteiger partial charge < -0.3 is 5.32 Å². The Morgan fingerprint density at radius 1 is 1.05 bits per heavy atom. The molecule has 1 unspecified atom stereocenters. The van der Waals surface area contributed by atoms with Gasteiger partial charge in [0.1, 0.15) is 0 Å². The normalized spacial score (nSPS) is 15.7. The summed E-state index contributed by atoms with van der Waals surface area (Å²) in [4.78, 5) is 0. The van der Waals surface area contributed by atoms with Crippen LogP contribution in [-0.2, 0) is 6.42 Å². The minimum Gasteiger partial charge on any atom is -0.378 e. The van der Waals surface area contributed by atoms with Crippen LogP contribution in [0.4, 0.5) is 5.69 Å². The molecule has 1 aliphatic rings. The molecule has 0 amide bonds. The maximum Gasteiger partial charge on any atom is 0.0542 e. The second-order valence-electron chi connectivity index (χ2n) is 6.28. The third-order valence-electron chi connectivity index (χ3n) is 4.38. The Kier molecular flexibility index (Phi) is 4.28. The van der Waals surface area contributed by atoms with Crippen molar-refractivity contribution in [2.75, 3.05) is 5.32 Å². The van der Waals surface area contributed by atoms with Gasteiger partial charge in [0.15, 0.2) is 0 Å². The first-order chi connectivity index (χ1) is 10.3. The summed E-state index contributed by atoms with van der Waals surface area (Å²) in [6.07, 6.45) is 5.04. The molecule has 2 aromatic rings. The fraction of sp³-hybridized carbons (Fsp3) is 0.400. The van der Waals surface area contributed by atoms with Gasteiger partial charge in [0.2, 0.25) is 0 Å². The average molecular weight is 279 g/mol. The van der Waals surface area contributed by atoms with E-state index in [4.69, 9.17) is 0 Å². The molecule has 1 nitrogen and oxygen atoms in total. The van der Waals surface area contributed by atoms with E-state index in [0.29, 0.717) is 6.04 Å². The predicted octanol–water partition coefficient (Wildman–Crippen LogP) is 5.51. The van der Waals surface area contributed by atoms with Crippen LogP contribution >= 0.6 is 0 Å². The van der Waals surface area contributed by atoms with E-state index in [2.05, 4.69) is 67.7 Å². The van der Waals surface area contributed by atoms with Crippen LogP contribution in [0, 0.1) is 12.8 Å². The highest BCUT2D eigenvalue weighted by Gasteiger charge is 2.32. The number of hydrogen-bond acceptors (Lipinski definition) is 1. The fourth-order valence-electron chi connectivity index (χ4n) is 2.99. The number of aryl methyl sites for hydroxylation is 2. The molecule has 0 heterocycles. The molecule has 1 N–H and O–H groups in total. The van der Waals surface area contributed by atoms with Gasteiger partial charge in [-0.2, -0.15) is 0 Å². The van der Waals surface area contributed by atoms with Crippen molar-refractivity contribution in [3.05, 3.63) is 65.2 Å². The number of anilines is 1. The van der Waals surface area contributed by atoms with E-state index in [0.717, 1.165) is 12.3 Å². The fourth-order valence-corrected chi connectivity index (χ4v) is 2.99. The number of hydrogen-bond donors (Lipinski definition) is 1. The second kappa shape index (κ2) is 6.34. The van der Waals surface area contributed by atoms with Crippen LogP contribution in [0.2, 0.25) is 0 Å². The van der Waals surface area contributed by atoms with E-state index in [-0.39, 0.29) is 0 Å². The lowest BCUT2D eigenvalue weighted by atomic mass is 9.99. The molecule has 0 radical (unpaired) electrons. The van der Waals surface area contributed by atoms with Crippen molar-refractivity contribution in [1.29, 1.82) is 0 Å². The molecule has 1 heteroatoms. The topological polar surface area (TPSA) is 12.0 Å². The second-order valence-corrected chi connectivity index (χ2v) is 6.28. The standard InChI is InChI=1S/C20H25N/c1-3-6-16-7-4-5-8-19(16)21-20(18-13-14-18)17-11-9-15(2)10-12-17/h4-5,7-12,18,20-21H,3,6,13-14H2,1-2H3. The van der Waals surface area contributed by atoms with Crippen molar-refractivity contribution in [3.8, 4) is 0 Å². The van der Waals surface area contributed by atoms with Gasteiger partial charge >= 0.3 is 0 Å². The zero-order valence-electron chi connectivity index (χ0n) is 13.1. The highest BCUT2D eigenvalue weighted by Crippen LogP contribution is 2.43. The molecule has 0 bridgehead atoms. The molecular formula is C20H25N. The molecule has 1 aliphatic carbocycles. The van der Waals surface area contributed by atoms with Gasteiger partial charge in [0.25, 0.3) is 0 Å². The van der Waals surface area contributed by atoms with Crippen molar-refractivity contribution in [3.63, 3.8) is 0 Å². The van der Waals surface area contributed by atoms with Gasteiger partial charge in [-0.3, -0.25) is 0 Å². The van der Waals surface area contributed by atoms with Crippen molar-refractivity contribution in [2.45, 2.75) is 45.6 Å². The highest BCUT2D eigenvalue weighted by molar-refractivity contribution is 5.53. The van der Waals surface area contributed by atoms with Crippen molar-refractivity contribution in [1.82, 2.24) is 0 Å². The van der Waals surface area contributed by atoms with Crippen molar-refractivity contribution < 1.29 is 0 Å². The van der Waals surface area contributed by atoms with Crippen LogP contribution < -0.4 is 5.32 Å². The summed E-state index contributed by atoms with van der Waals surface area (Å²) in [6, 6.07) is 18.3. The summed E-state index contributed by atoms with van der Waals surface area (Å²) < 4.78 is 0. The van der Waals surface area contributed by atoms with E-state index < -0.39 is 0 Å². The average Bonchev–Trinajstić information content (AvgIpc) is 3.32. The Hall–Kier alpha value is -1.76. The summed E-state index contributed by atoms with van der Waals surface area (Å²) in [5.74, 6) is 0.794. The quantitative estimate of drug-likeness (QED) is 0.735. The van der Waals surface area contributed by atoms with Crippen LogP contribution in [0.5, 0.6) is 0 Å². The molecule has 1 saturated carbocycles. The molecule has 1 atom stereocenters. The molecule has 0 spiro atoms. The smallest absolute Gasteiger partial charge is 0.0542 e. The summed E-state index contributed by atoms with van der Waals surface area (Å²) >= 11 is 0. The van der Waals surface area contributed by atoms with E-state index in [1.54, 1.807) is 0 Å². The van der Waals surface area contributed by atoms with Crippen molar-refractivity contribution >= 4 is 5.69 Å². The maximum absolute atomic E-state index is 3.83. The van der Waals surface area contributed by atoms with E-state index in [1.165, 1.54) is 41.6 Å². The van der Waals surface area contributed by atoms with Crippen LogP contribution in [0.1, 0.15) is 48.9 Å². The maximum atomic E-state index is 3.83. The van der Waals surface area contributed by atoms with Gasteiger partial charge in [-0.25, -0.2) is 0 Å². The van der Waals surface area contributed by atoms with Gasteiger partial charge in [0, 0.05) is 5.69 Å². The third-order valence-corrected chi connectivity index (χ3v) is 4.38. The molecule has 0 aliphatic heterocycles. The number of para-hydroxylation sites is 1. The minimum absolute atomic E-state index is 0.462. The first-order valence-electron chi connectivity index (χ1n) is 8.19. The Morgan fingerprint density at radius 2 is 1.76 bits per heavy atom. The SMILES string of the molecule is CCCc1ccccc1NC(c1ccc(C)cc1)C1CC1. The van der Waals surface area contributed by atoms with Crippen LogP contribution in [0.25, 0.3) is 0 Å². The molecular weight excluding hydrogens is 254 g/mol. The predicted molar refractivity (Wildman–Crippen MR) is 90.7 cm³/mol. The molecule has 2 aromatic carbocycles. The largest absolute Gasteiger partial charge is 0.378 e. The Labute approximate surface area is 128 Å². The summed E-state index contributed by atoms with van der Waals surface area (Å²) in [5.41, 5.74) is 5.52. The molecule has 110 valence electrons. The van der Waals surface area contributed by atoms with E-state index >= 15 is 0 Å².